The minimum Gasteiger partial charge on any atom is -0.369 e. The summed E-state index contributed by atoms with van der Waals surface area (Å²) in [5.41, 5.74) is 5.98. The maximum atomic E-state index is 11.9. The third-order valence-corrected chi connectivity index (χ3v) is 4.97. The van der Waals surface area contributed by atoms with E-state index in [-0.39, 0.29) is 17.8 Å². The van der Waals surface area contributed by atoms with Crippen LogP contribution >= 0.6 is 11.6 Å². The third kappa shape index (κ3) is 9.88. The van der Waals surface area contributed by atoms with Gasteiger partial charge in [0.05, 0.1) is 12.2 Å². The molecule has 0 unspecified atom stereocenters. The van der Waals surface area contributed by atoms with E-state index in [9.17, 15) is 9.59 Å². The highest BCUT2D eigenvalue weighted by Crippen LogP contribution is 2.15. The average molecular weight is 445 g/mol. The fourth-order valence-corrected chi connectivity index (χ4v) is 3.30. The Morgan fingerprint density at radius 1 is 1.13 bits per heavy atom. The number of terminal acetylenes is 1. The zero-order valence-corrected chi connectivity index (χ0v) is 18.4. The Labute approximate surface area is 189 Å². The van der Waals surface area contributed by atoms with Gasteiger partial charge in [-0.15, -0.1) is 12.8 Å². The number of aliphatic imine (C=N–C) groups is 1. The lowest BCUT2D eigenvalue weighted by Crippen LogP contribution is -2.41. The van der Waals surface area contributed by atoms with E-state index in [2.05, 4.69) is 23.2 Å². The van der Waals surface area contributed by atoms with Crippen LogP contribution in [0.15, 0.2) is 29.3 Å². The molecule has 0 spiro atoms. The molecule has 1 aromatic rings. The molecule has 2 amide bonds. The number of nitriles is 1. The second-order valence-corrected chi connectivity index (χ2v) is 7.36. The summed E-state index contributed by atoms with van der Waals surface area (Å²) in [4.78, 5) is 31.1. The zero-order chi connectivity index (χ0) is 23.1. The van der Waals surface area contributed by atoms with E-state index in [1.807, 2.05) is 4.90 Å². The first-order chi connectivity index (χ1) is 15.0. The van der Waals surface area contributed by atoms with Gasteiger partial charge in [0.2, 0.25) is 17.8 Å². The molecule has 0 aliphatic carbocycles. The molecule has 3 N–H and O–H groups in total. The van der Waals surface area contributed by atoms with Gasteiger partial charge in [-0.1, -0.05) is 18.0 Å². The van der Waals surface area contributed by atoms with Crippen LogP contribution in [0.4, 0.5) is 5.69 Å². The number of carbonyl (C=O) groups excluding carboxylic acids is 2. The van der Waals surface area contributed by atoms with Crippen molar-refractivity contribution in [2.75, 3.05) is 26.2 Å². The zero-order valence-electron chi connectivity index (χ0n) is 17.6. The molecule has 8 nitrogen and oxygen atoms in total. The van der Waals surface area contributed by atoms with Crippen LogP contribution in [0.2, 0.25) is 5.02 Å². The predicted molar refractivity (Wildman–Crippen MR) is 122 cm³/mol. The quantitative estimate of drug-likeness (QED) is 0.244. The number of halogens is 1. The van der Waals surface area contributed by atoms with E-state index in [0.717, 1.165) is 51.7 Å². The highest BCUT2D eigenvalue weighted by molar-refractivity contribution is 6.30. The summed E-state index contributed by atoms with van der Waals surface area (Å²) in [5, 5.41) is 11.1. The molecule has 2 fully saturated rings. The number of guanidine groups is 1. The van der Waals surface area contributed by atoms with E-state index >= 15 is 0 Å². The molecular formula is C22H29ClN6O2. The van der Waals surface area contributed by atoms with Crippen molar-refractivity contribution in [1.29, 1.82) is 5.26 Å². The molecule has 0 bridgehead atoms. The van der Waals surface area contributed by atoms with Gasteiger partial charge < -0.3 is 15.5 Å². The smallest absolute Gasteiger partial charge is 0.242 e. The van der Waals surface area contributed by atoms with Crippen molar-refractivity contribution in [2.45, 2.75) is 38.5 Å². The number of carbonyl (C=O) groups is 2. The Bertz CT molecular complexity index is 794. The van der Waals surface area contributed by atoms with Gasteiger partial charge in [0, 0.05) is 31.1 Å². The number of amides is 2. The molecule has 1 aromatic carbocycles. The first kappa shape index (κ1) is 25.8. The molecule has 0 saturated carbocycles. The molecule has 2 aliphatic rings. The van der Waals surface area contributed by atoms with Crippen molar-refractivity contribution in [1.82, 2.24) is 15.1 Å². The van der Waals surface area contributed by atoms with Crippen LogP contribution in [0.1, 0.15) is 38.5 Å². The minimum atomic E-state index is 0.0600. The highest BCUT2D eigenvalue weighted by atomic mass is 35.5. The van der Waals surface area contributed by atoms with Gasteiger partial charge in [0.1, 0.15) is 0 Å². The van der Waals surface area contributed by atoms with Crippen LogP contribution in [0.5, 0.6) is 0 Å². The summed E-state index contributed by atoms with van der Waals surface area (Å²) in [7, 11) is 0. The Morgan fingerprint density at radius 3 is 2.35 bits per heavy atom. The Morgan fingerprint density at radius 2 is 1.74 bits per heavy atom. The Kier molecular flexibility index (Phi) is 12.2. The topological polar surface area (TPSA) is 115 Å². The lowest BCUT2D eigenvalue weighted by atomic mass is 10.2. The molecule has 9 heteroatoms. The van der Waals surface area contributed by atoms with Crippen LogP contribution in [-0.2, 0) is 9.59 Å². The van der Waals surface area contributed by atoms with E-state index in [1.54, 1.807) is 35.4 Å². The first-order valence-corrected chi connectivity index (χ1v) is 10.5. The van der Waals surface area contributed by atoms with Crippen LogP contribution in [0.25, 0.3) is 0 Å². The minimum absolute atomic E-state index is 0.0600. The average Bonchev–Trinajstić information content (AvgIpc) is 3.24. The normalized spacial score (nSPS) is 16.1. The summed E-state index contributed by atoms with van der Waals surface area (Å²) in [6.45, 7) is 2.82. The molecule has 2 aliphatic heterocycles. The molecule has 0 atom stereocenters. The third-order valence-electron chi connectivity index (χ3n) is 4.72. The van der Waals surface area contributed by atoms with E-state index in [0.29, 0.717) is 23.7 Å². The molecule has 31 heavy (non-hydrogen) atoms. The fraction of sp³-hybridized carbons (Fsp3) is 0.455. The van der Waals surface area contributed by atoms with Crippen molar-refractivity contribution >= 4 is 35.1 Å². The van der Waals surface area contributed by atoms with E-state index in [4.69, 9.17) is 22.6 Å². The summed E-state index contributed by atoms with van der Waals surface area (Å²) in [6, 6.07) is 6.79. The number of benzene rings is 1. The molecule has 0 aromatic heterocycles. The lowest BCUT2D eigenvalue weighted by Gasteiger charge is -2.23. The van der Waals surface area contributed by atoms with Gasteiger partial charge in [-0.25, -0.2) is 4.99 Å². The largest absolute Gasteiger partial charge is 0.369 e. The lowest BCUT2D eigenvalue weighted by molar-refractivity contribution is -0.139. The van der Waals surface area contributed by atoms with Crippen molar-refractivity contribution in [3.8, 4) is 19.0 Å². The van der Waals surface area contributed by atoms with Crippen LogP contribution in [0, 0.1) is 24.3 Å². The summed E-state index contributed by atoms with van der Waals surface area (Å²) >= 11 is 5.66. The van der Waals surface area contributed by atoms with Gasteiger partial charge in [-0.05, 0) is 49.9 Å². The Hall–Kier alpha value is -3.23. The van der Waals surface area contributed by atoms with Crippen LogP contribution in [0.3, 0.4) is 0 Å². The van der Waals surface area contributed by atoms with Gasteiger partial charge in [-0.2, -0.15) is 5.26 Å². The maximum absolute atomic E-state index is 11.9. The van der Waals surface area contributed by atoms with E-state index in [1.165, 1.54) is 0 Å². The van der Waals surface area contributed by atoms with Crippen LogP contribution < -0.4 is 11.1 Å². The van der Waals surface area contributed by atoms with Crippen molar-refractivity contribution in [3.63, 3.8) is 0 Å². The molecule has 166 valence electrons. The number of rotatable bonds is 3. The maximum Gasteiger partial charge on any atom is 0.242 e. The number of hydrogen-bond donors (Lipinski definition) is 2. The monoisotopic (exact) mass is 444 g/mol. The second-order valence-electron chi connectivity index (χ2n) is 6.92. The first-order valence-electron chi connectivity index (χ1n) is 10.1. The number of likely N-dealkylation sites (tertiary alicyclic amines) is 2. The predicted octanol–water partition coefficient (Wildman–Crippen LogP) is 2.62. The number of nitrogens with zero attached hydrogens (tertiary/aromatic N) is 4. The SMILES string of the molecule is C#C.N#CNC(N)=Nc1ccc(Cl)cc1.O=C(CN1CCCCCC1=O)N1CCCC1. The standard InChI is InChI=1S/C12H20N2O2.C8H7ClN4.C2H2/c15-11-6-2-1-3-9-14(11)10-12(16)13-7-4-5-8-13;9-6-1-3-7(4-2-6)13-8(11)12-5-10;1-2/h1-10H2;1-4H,(H3,11,12,13);1-2H. The number of nitrogens with two attached hydrogens (primary N) is 1. The van der Waals surface area contributed by atoms with Crippen LogP contribution in [-0.4, -0.2) is 53.8 Å². The molecular weight excluding hydrogens is 416 g/mol. The van der Waals surface area contributed by atoms with Gasteiger partial charge in [0.15, 0.2) is 6.19 Å². The summed E-state index contributed by atoms with van der Waals surface area (Å²) < 4.78 is 0. The van der Waals surface area contributed by atoms with Crippen molar-refractivity contribution in [3.05, 3.63) is 29.3 Å². The number of nitrogens with one attached hydrogen (secondary N) is 1. The molecule has 2 heterocycles. The highest BCUT2D eigenvalue weighted by Gasteiger charge is 2.23. The Balaban J connectivity index is 0.000000293. The fourth-order valence-electron chi connectivity index (χ4n) is 3.18. The molecule has 2 saturated heterocycles. The van der Waals surface area contributed by atoms with Gasteiger partial charge in [0.25, 0.3) is 0 Å². The summed E-state index contributed by atoms with van der Waals surface area (Å²) in [6.07, 6.45) is 15.6. The van der Waals surface area contributed by atoms with Gasteiger partial charge >= 0.3 is 0 Å². The van der Waals surface area contributed by atoms with Crippen molar-refractivity contribution in [2.24, 2.45) is 10.7 Å². The summed E-state index contributed by atoms with van der Waals surface area (Å²) in [5.74, 6) is 0.350. The van der Waals surface area contributed by atoms with Crippen molar-refractivity contribution < 1.29 is 9.59 Å². The number of hydrogen-bond acceptors (Lipinski definition) is 4. The van der Waals surface area contributed by atoms with E-state index < -0.39 is 0 Å². The molecule has 3 rings (SSSR count). The molecule has 0 radical (unpaired) electrons. The van der Waals surface area contributed by atoms with Gasteiger partial charge in [-0.3, -0.25) is 14.9 Å². The second kappa shape index (κ2) is 14.7.